The van der Waals surface area contributed by atoms with Gasteiger partial charge in [0.05, 0.1) is 16.3 Å². The number of benzene rings is 1. The number of hydrogen-bond donors (Lipinski definition) is 1. The second kappa shape index (κ2) is 6.03. The third-order valence-corrected chi connectivity index (χ3v) is 3.59. The van der Waals surface area contributed by atoms with E-state index in [0.717, 1.165) is 6.07 Å². The summed E-state index contributed by atoms with van der Waals surface area (Å²) in [6, 6.07) is 2.38. The molecule has 2 rings (SSSR count). The molecule has 0 amide bonds. The molecule has 1 aromatic carbocycles. The Morgan fingerprint density at radius 1 is 1.35 bits per heavy atom. The fraction of sp³-hybridized carbons (Fsp3) is 0.0833. The number of aromatic nitrogens is 2. The van der Waals surface area contributed by atoms with E-state index in [2.05, 4.69) is 31.2 Å². The van der Waals surface area contributed by atoms with Gasteiger partial charge in [-0.1, -0.05) is 23.2 Å². The SMILES string of the molecule is Cc1nc(Cl)c(C=O)c(Nc2c(Cl)cc(F)cc2Br)n1. The van der Waals surface area contributed by atoms with Gasteiger partial charge in [-0.2, -0.15) is 0 Å². The lowest BCUT2D eigenvalue weighted by Gasteiger charge is -2.12. The molecule has 104 valence electrons. The Labute approximate surface area is 132 Å². The van der Waals surface area contributed by atoms with E-state index in [4.69, 9.17) is 23.2 Å². The van der Waals surface area contributed by atoms with Crippen LogP contribution in [-0.2, 0) is 0 Å². The number of aldehydes is 1. The van der Waals surface area contributed by atoms with E-state index in [1.54, 1.807) is 6.92 Å². The summed E-state index contributed by atoms with van der Waals surface area (Å²) in [5, 5.41) is 3.03. The molecule has 0 aliphatic carbocycles. The van der Waals surface area contributed by atoms with Gasteiger partial charge in [-0.25, -0.2) is 14.4 Å². The molecule has 0 saturated carbocycles. The molecule has 0 bridgehead atoms. The summed E-state index contributed by atoms with van der Waals surface area (Å²) in [5.74, 6) is 0.101. The smallest absolute Gasteiger partial charge is 0.156 e. The molecule has 0 aliphatic rings. The first-order valence-corrected chi connectivity index (χ1v) is 6.88. The average molecular weight is 379 g/mol. The van der Waals surface area contributed by atoms with Crippen LogP contribution < -0.4 is 5.32 Å². The second-order valence-corrected chi connectivity index (χ2v) is 5.43. The predicted molar refractivity (Wildman–Crippen MR) is 79.6 cm³/mol. The normalized spacial score (nSPS) is 10.4. The Kier molecular flexibility index (Phi) is 4.57. The number of halogens is 4. The van der Waals surface area contributed by atoms with Gasteiger partial charge < -0.3 is 5.32 Å². The summed E-state index contributed by atoms with van der Waals surface area (Å²) in [6.07, 6.45) is 0.537. The van der Waals surface area contributed by atoms with Gasteiger partial charge in [-0.3, -0.25) is 4.79 Å². The number of nitrogens with zero attached hydrogens (tertiary/aromatic N) is 2. The molecule has 0 radical (unpaired) electrons. The van der Waals surface area contributed by atoms with Crippen LogP contribution in [0.2, 0.25) is 10.2 Å². The summed E-state index contributed by atoms with van der Waals surface area (Å²) in [6.45, 7) is 1.63. The molecule has 0 aliphatic heterocycles. The maximum atomic E-state index is 13.2. The van der Waals surface area contributed by atoms with Crippen molar-refractivity contribution < 1.29 is 9.18 Å². The third-order valence-electron chi connectivity index (χ3n) is 2.38. The first-order chi connectivity index (χ1) is 9.42. The van der Waals surface area contributed by atoms with Crippen molar-refractivity contribution in [3.63, 3.8) is 0 Å². The fourth-order valence-electron chi connectivity index (χ4n) is 1.53. The molecule has 1 N–H and O–H groups in total. The summed E-state index contributed by atoms with van der Waals surface area (Å²) in [4.78, 5) is 19.0. The molecule has 0 atom stereocenters. The zero-order valence-corrected chi connectivity index (χ0v) is 13.1. The van der Waals surface area contributed by atoms with Crippen LogP contribution in [0.1, 0.15) is 16.2 Å². The lowest BCUT2D eigenvalue weighted by molar-refractivity contribution is 0.112. The van der Waals surface area contributed by atoms with E-state index in [1.165, 1.54) is 6.07 Å². The molecular formula is C12H7BrCl2FN3O. The molecule has 20 heavy (non-hydrogen) atoms. The molecule has 4 nitrogen and oxygen atoms in total. The maximum Gasteiger partial charge on any atom is 0.156 e. The Balaban J connectivity index is 2.53. The van der Waals surface area contributed by atoms with E-state index in [-0.39, 0.29) is 21.6 Å². The Bertz CT molecular complexity index is 674. The van der Waals surface area contributed by atoms with Crippen LogP contribution in [-0.4, -0.2) is 16.3 Å². The summed E-state index contributed by atoms with van der Waals surface area (Å²) in [7, 11) is 0. The Morgan fingerprint density at radius 3 is 2.65 bits per heavy atom. The van der Waals surface area contributed by atoms with Gasteiger partial charge in [-0.05, 0) is 35.0 Å². The standard InChI is InChI=1S/C12H7BrCl2FN3O/c1-5-17-11(15)7(4-20)12(18-5)19-10-8(13)2-6(16)3-9(10)14/h2-4H,1H3,(H,17,18,19). The van der Waals surface area contributed by atoms with E-state index < -0.39 is 5.82 Å². The topological polar surface area (TPSA) is 54.9 Å². The van der Waals surface area contributed by atoms with Gasteiger partial charge in [0, 0.05) is 4.47 Å². The quantitative estimate of drug-likeness (QED) is 0.628. The number of hydrogen-bond acceptors (Lipinski definition) is 4. The van der Waals surface area contributed by atoms with Gasteiger partial charge in [0.2, 0.25) is 0 Å². The van der Waals surface area contributed by atoms with Crippen molar-refractivity contribution >= 4 is 56.9 Å². The molecule has 1 heterocycles. The first-order valence-electron chi connectivity index (χ1n) is 5.33. The molecule has 0 fully saturated rings. The van der Waals surface area contributed by atoms with Gasteiger partial charge in [0.15, 0.2) is 6.29 Å². The van der Waals surface area contributed by atoms with Crippen molar-refractivity contribution in [2.45, 2.75) is 6.92 Å². The van der Waals surface area contributed by atoms with E-state index >= 15 is 0 Å². The van der Waals surface area contributed by atoms with E-state index in [0.29, 0.717) is 22.3 Å². The van der Waals surface area contributed by atoms with Crippen LogP contribution in [0, 0.1) is 12.7 Å². The molecule has 8 heteroatoms. The van der Waals surface area contributed by atoms with Gasteiger partial charge >= 0.3 is 0 Å². The first kappa shape index (κ1) is 15.2. The van der Waals surface area contributed by atoms with Crippen LogP contribution in [0.5, 0.6) is 0 Å². The fourth-order valence-corrected chi connectivity index (χ4v) is 2.68. The van der Waals surface area contributed by atoms with E-state index in [1.807, 2.05) is 0 Å². The largest absolute Gasteiger partial charge is 0.337 e. The van der Waals surface area contributed by atoms with Crippen molar-refractivity contribution in [3.05, 3.63) is 44.0 Å². The highest BCUT2D eigenvalue weighted by Crippen LogP contribution is 2.34. The van der Waals surface area contributed by atoms with Crippen molar-refractivity contribution in [1.29, 1.82) is 0 Å². The summed E-state index contributed by atoms with van der Waals surface area (Å²) >= 11 is 15.0. The van der Waals surface area contributed by atoms with Crippen molar-refractivity contribution in [2.75, 3.05) is 5.32 Å². The van der Waals surface area contributed by atoms with Crippen LogP contribution in [0.4, 0.5) is 15.9 Å². The highest BCUT2D eigenvalue weighted by Gasteiger charge is 2.15. The number of carbonyl (C=O) groups excluding carboxylic acids is 1. The number of anilines is 2. The lowest BCUT2D eigenvalue weighted by atomic mass is 10.2. The van der Waals surface area contributed by atoms with Gasteiger partial charge in [0.1, 0.15) is 22.6 Å². The maximum absolute atomic E-state index is 13.2. The minimum atomic E-state index is -0.486. The van der Waals surface area contributed by atoms with Crippen LogP contribution >= 0.6 is 39.1 Å². The second-order valence-electron chi connectivity index (χ2n) is 3.81. The number of carbonyl (C=O) groups is 1. The third kappa shape index (κ3) is 3.08. The highest BCUT2D eigenvalue weighted by atomic mass is 79.9. The molecular weight excluding hydrogens is 372 g/mol. The van der Waals surface area contributed by atoms with Gasteiger partial charge in [-0.15, -0.1) is 0 Å². The van der Waals surface area contributed by atoms with Crippen molar-refractivity contribution in [1.82, 2.24) is 9.97 Å². The van der Waals surface area contributed by atoms with Crippen molar-refractivity contribution in [2.24, 2.45) is 0 Å². The number of nitrogens with one attached hydrogen (secondary N) is 1. The van der Waals surface area contributed by atoms with Crippen LogP contribution in [0.25, 0.3) is 0 Å². The minimum Gasteiger partial charge on any atom is -0.337 e. The Morgan fingerprint density at radius 2 is 2.05 bits per heavy atom. The Hall–Kier alpha value is -1.24. The van der Waals surface area contributed by atoms with Crippen molar-refractivity contribution in [3.8, 4) is 0 Å². The molecule has 2 aromatic rings. The van der Waals surface area contributed by atoms with E-state index in [9.17, 15) is 9.18 Å². The zero-order valence-electron chi connectivity index (χ0n) is 10.0. The average Bonchev–Trinajstić information content (AvgIpc) is 2.33. The van der Waals surface area contributed by atoms with Gasteiger partial charge in [0.25, 0.3) is 0 Å². The molecule has 0 saturated heterocycles. The lowest BCUT2D eigenvalue weighted by Crippen LogP contribution is -2.04. The highest BCUT2D eigenvalue weighted by molar-refractivity contribution is 9.10. The summed E-state index contributed by atoms with van der Waals surface area (Å²) in [5.41, 5.74) is 0.481. The summed E-state index contributed by atoms with van der Waals surface area (Å²) < 4.78 is 13.6. The molecule has 1 aromatic heterocycles. The monoisotopic (exact) mass is 377 g/mol. The number of aryl methyl sites for hydroxylation is 1. The minimum absolute atomic E-state index is 0.0318. The zero-order chi connectivity index (χ0) is 14.9. The van der Waals surface area contributed by atoms with Crippen LogP contribution in [0.3, 0.4) is 0 Å². The van der Waals surface area contributed by atoms with Crippen LogP contribution in [0.15, 0.2) is 16.6 Å². The number of rotatable bonds is 3. The molecule has 0 unspecified atom stereocenters. The molecule has 0 spiro atoms. The predicted octanol–water partition coefficient (Wildman–Crippen LogP) is 4.55.